The van der Waals surface area contributed by atoms with E-state index >= 15 is 0 Å². The predicted octanol–water partition coefficient (Wildman–Crippen LogP) is 0.321. The molecule has 0 heterocycles. The topological polar surface area (TPSA) is 115 Å². The highest BCUT2D eigenvalue weighted by atomic mass is 16.4. The van der Waals surface area contributed by atoms with E-state index < -0.39 is 18.0 Å². The Morgan fingerprint density at radius 3 is 1.53 bits per heavy atom. The third-order valence-corrected chi connectivity index (χ3v) is 0.728. The van der Waals surface area contributed by atoms with Crippen LogP contribution in [-0.4, -0.2) is 45.1 Å². The van der Waals surface area contributed by atoms with Gasteiger partial charge in [0.1, 0.15) is 0 Å². The van der Waals surface area contributed by atoms with E-state index in [0.717, 1.165) is 13.3 Å². The molecule has 1 unspecified atom stereocenters. The summed E-state index contributed by atoms with van der Waals surface area (Å²) >= 11 is 0. The molecule has 0 saturated heterocycles. The summed E-state index contributed by atoms with van der Waals surface area (Å²) in [7, 11) is 0. The Balaban J connectivity index is -0.000000147. The molecular weight excluding hydrogens is 204 g/mol. The number of aliphatic hydroxyl groups is 2. The molecule has 0 aromatic heterocycles. The molecule has 0 saturated carbocycles. The highest BCUT2D eigenvalue weighted by Crippen LogP contribution is 1.82. The van der Waals surface area contributed by atoms with E-state index in [1.807, 2.05) is 6.92 Å². The Morgan fingerprint density at radius 2 is 1.53 bits per heavy atom. The summed E-state index contributed by atoms with van der Waals surface area (Å²) in [6.45, 7) is 4.31. The van der Waals surface area contributed by atoms with Gasteiger partial charge in [0, 0.05) is 13.3 Å². The number of carboxylic acid groups (broad SMARTS) is 2. The third kappa shape index (κ3) is 102. The summed E-state index contributed by atoms with van der Waals surface area (Å²) in [6.07, 6.45) is 0.463. The van der Waals surface area contributed by atoms with Gasteiger partial charge in [-0.15, -0.1) is 0 Å². The predicted molar refractivity (Wildman–Crippen MR) is 54.6 cm³/mol. The summed E-state index contributed by atoms with van der Waals surface area (Å²) < 4.78 is 0. The van der Waals surface area contributed by atoms with Crippen LogP contribution in [0, 0.1) is 0 Å². The highest BCUT2D eigenvalue weighted by molar-refractivity contribution is 5.66. The minimum atomic E-state index is -0.833. The van der Waals surface area contributed by atoms with E-state index in [-0.39, 0.29) is 6.61 Å². The minimum absolute atomic E-state index is 0.139. The van der Waals surface area contributed by atoms with E-state index in [2.05, 4.69) is 0 Å². The molecule has 4 N–H and O–H groups in total. The van der Waals surface area contributed by atoms with Crippen molar-refractivity contribution >= 4 is 11.9 Å². The van der Waals surface area contributed by atoms with Crippen molar-refractivity contribution in [2.75, 3.05) is 6.61 Å². The summed E-state index contributed by atoms with van der Waals surface area (Å²) in [5, 5.41) is 31.3. The van der Waals surface area contributed by atoms with Crippen LogP contribution in [0.25, 0.3) is 0 Å². The van der Waals surface area contributed by atoms with Gasteiger partial charge in [0.2, 0.25) is 0 Å². The van der Waals surface area contributed by atoms with Crippen LogP contribution >= 0.6 is 0 Å². The maximum atomic E-state index is 9.60. The van der Waals surface area contributed by atoms with Crippen molar-refractivity contribution in [3.63, 3.8) is 0 Å². The van der Waals surface area contributed by atoms with E-state index in [9.17, 15) is 4.79 Å². The van der Waals surface area contributed by atoms with Crippen molar-refractivity contribution in [3.8, 4) is 0 Å². The standard InChI is InChI=1S/C4H8O2.C3H8O2.C2H4O2/c1-2-3-4(5)6;1-3(5)2-4;1-2(3)4/h2-3H2,1H3,(H,5,6);3-5H,2H2,1H3;1H3,(H,3,4). The van der Waals surface area contributed by atoms with E-state index in [0.29, 0.717) is 6.42 Å². The Kier molecular flexibility index (Phi) is 19.9. The monoisotopic (exact) mass is 224 g/mol. The molecule has 0 spiro atoms. The molecule has 0 bridgehead atoms. The fourth-order valence-electron chi connectivity index (χ4n) is 0.214. The van der Waals surface area contributed by atoms with Gasteiger partial charge in [0.25, 0.3) is 5.97 Å². The molecule has 1 atom stereocenters. The van der Waals surface area contributed by atoms with Gasteiger partial charge >= 0.3 is 5.97 Å². The van der Waals surface area contributed by atoms with Gasteiger partial charge in [-0.3, -0.25) is 9.59 Å². The quantitative estimate of drug-likeness (QED) is 0.549. The number of aliphatic carboxylic acids is 2. The van der Waals surface area contributed by atoms with Crippen LogP contribution in [0.2, 0.25) is 0 Å². The SMILES string of the molecule is CC(=O)O.CC(O)CO.CCCC(=O)O. The van der Waals surface area contributed by atoms with Crippen molar-refractivity contribution in [1.82, 2.24) is 0 Å². The van der Waals surface area contributed by atoms with E-state index in [1.54, 1.807) is 0 Å². The lowest BCUT2D eigenvalue weighted by Crippen LogP contribution is -2.03. The zero-order valence-corrected chi connectivity index (χ0v) is 9.30. The third-order valence-electron chi connectivity index (χ3n) is 0.728. The van der Waals surface area contributed by atoms with Gasteiger partial charge in [0.05, 0.1) is 12.7 Å². The smallest absolute Gasteiger partial charge is 0.303 e. The summed E-state index contributed by atoms with van der Waals surface area (Å²) in [5.41, 5.74) is 0. The molecule has 0 aromatic carbocycles. The second-order valence-electron chi connectivity index (χ2n) is 2.69. The fourth-order valence-corrected chi connectivity index (χ4v) is 0.214. The van der Waals surface area contributed by atoms with Crippen LogP contribution < -0.4 is 0 Å². The fraction of sp³-hybridized carbons (Fsp3) is 0.778. The molecule has 0 aliphatic heterocycles. The lowest BCUT2D eigenvalue weighted by atomic mass is 10.4. The molecular formula is C9H20O6. The summed E-state index contributed by atoms with van der Waals surface area (Å²) in [5.74, 6) is -1.54. The van der Waals surface area contributed by atoms with Crippen molar-refractivity contribution in [1.29, 1.82) is 0 Å². The normalized spacial score (nSPS) is 9.93. The van der Waals surface area contributed by atoms with E-state index in [4.69, 9.17) is 25.2 Å². The van der Waals surface area contributed by atoms with Crippen molar-refractivity contribution in [2.45, 2.75) is 39.7 Å². The lowest BCUT2D eigenvalue weighted by molar-refractivity contribution is -0.137. The number of carboxylic acids is 2. The first kappa shape index (κ1) is 19.4. The second kappa shape index (κ2) is 15.3. The van der Waals surface area contributed by atoms with Crippen molar-refractivity contribution in [2.24, 2.45) is 0 Å². The molecule has 0 rings (SSSR count). The molecule has 0 radical (unpaired) electrons. The van der Waals surface area contributed by atoms with Crippen LogP contribution in [0.15, 0.2) is 0 Å². The average Bonchev–Trinajstić information content (AvgIpc) is 2.03. The van der Waals surface area contributed by atoms with Crippen LogP contribution in [0.1, 0.15) is 33.6 Å². The highest BCUT2D eigenvalue weighted by Gasteiger charge is 1.87. The van der Waals surface area contributed by atoms with Gasteiger partial charge in [-0.25, -0.2) is 0 Å². The molecule has 15 heavy (non-hydrogen) atoms. The molecule has 0 aromatic rings. The number of rotatable bonds is 3. The first-order chi connectivity index (χ1) is 6.77. The number of carbonyl (C=O) groups is 2. The van der Waals surface area contributed by atoms with Crippen LogP contribution in [0.5, 0.6) is 0 Å². The molecule has 92 valence electrons. The summed E-state index contributed by atoms with van der Waals surface area (Å²) in [4.78, 5) is 18.6. The van der Waals surface area contributed by atoms with E-state index in [1.165, 1.54) is 6.92 Å². The number of hydrogen-bond acceptors (Lipinski definition) is 4. The van der Waals surface area contributed by atoms with Gasteiger partial charge in [0.15, 0.2) is 0 Å². The van der Waals surface area contributed by atoms with Crippen LogP contribution in [-0.2, 0) is 9.59 Å². The molecule has 0 amide bonds. The van der Waals surface area contributed by atoms with Crippen molar-refractivity contribution in [3.05, 3.63) is 0 Å². The maximum absolute atomic E-state index is 9.60. The maximum Gasteiger partial charge on any atom is 0.303 e. The molecule has 6 nitrogen and oxygen atoms in total. The minimum Gasteiger partial charge on any atom is -0.481 e. The summed E-state index contributed by atoms with van der Waals surface area (Å²) in [6, 6.07) is 0. The first-order valence-corrected chi connectivity index (χ1v) is 4.48. The second-order valence-corrected chi connectivity index (χ2v) is 2.69. The van der Waals surface area contributed by atoms with Gasteiger partial charge in [-0.1, -0.05) is 6.92 Å². The number of hydrogen-bond donors (Lipinski definition) is 4. The largest absolute Gasteiger partial charge is 0.481 e. The van der Waals surface area contributed by atoms with Gasteiger partial charge < -0.3 is 20.4 Å². The zero-order chi connectivity index (χ0) is 12.9. The Labute approximate surface area is 89.2 Å². The van der Waals surface area contributed by atoms with Gasteiger partial charge in [-0.2, -0.15) is 0 Å². The zero-order valence-electron chi connectivity index (χ0n) is 9.30. The van der Waals surface area contributed by atoms with Crippen LogP contribution in [0.4, 0.5) is 0 Å². The molecule has 6 heteroatoms. The first-order valence-electron chi connectivity index (χ1n) is 4.48. The Bertz CT molecular complexity index is 151. The average molecular weight is 224 g/mol. The van der Waals surface area contributed by atoms with Crippen LogP contribution in [0.3, 0.4) is 0 Å². The molecule has 0 fully saturated rings. The van der Waals surface area contributed by atoms with Gasteiger partial charge in [-0.05, 0) is 13.3 Å². The van der Waals surface area contributed by atoms with Crippen molar-refractivity contribution < 1.29 is 30.0 Å². The molecule has 0 aliphatic rings. The molecule has 0 aliphatic carbocycles. The number of aliphatic hydroxyl groups excluding tert-OH is 2. The Morgan fingerprint density at radius 1 is 1.27 bits per heavy atom. The Hall–Kier alpha value is -1.14. The lowest BCUT2D eigenvalue weighted by Gasteiger charge is -1.90.